The van der Waals surface area contributed by atoms with E-state index < -0.39 is 0 Å². The van der Waals surface area contributed by atoms with Crippen molar-refractivity contribution in [2.45, 2.75) is 27.7 Å². The fourth-order valence-electron chi connectivity index (χ4n) is 2.63. The van der Waals surface area contributed by atoms with Crippen LogP contribution in [0.3, 0.4) is 0 Å². The molecule has 3 nitrogen and oxygen atoms in total. The van der Waals surface area contributed by atoms with Gasteiger partial charge in [0.15, 0.2) is 0 Å². The molecule has 0 unspecified atom stereocenters. The van der Waals surface area contributed by atoms with E-state index in [-0.39, 0.29) is 5.91 Å². The highest BCUT2D eigenvalue weighted by atomic mass is 16.1. The summed E-state index contributed by atoms with van der Waals surface area (Å²) < 4.78 is 0. The molecule has 2 aromatic rings. The zero-order chi connectivity index (χ0) is 15.6. The average molecular weight is 282 g/mol. The molecule has 0 aromatic heterocycles. The van der Waals surface area contributed by atoms with Gasteiger partial charge in [0.25, 0.3) is 5.91 Å². The summed E-state index contributed by atoms with van der Waals surface area (Å²) in [7, 11) is 1.87. The van der Waals surface area contributed by atoms with E-state index >= 15 is 0 Å². The lowest BCUT2D eigenvalue weighted by Gasteiger charge is -2.14. The van der Waals surface area contributed by atoms with Gasteiger partial charge in [-0.3, -0.25) is 4.79 Å². The predicted octanol–water partition coefficient (Wildman–Crippen LogP) is 4.21. The molecule has 0 saturated heterocycles. The molecule has 0 saturated carbocycles. The van der Waals surface area contributed by atoms with Crippen molar-refractivity contribution in [1.29, 1.82) is 0 Å². The smallest absolute Gasteiger partial charge is 0.255 e. The topological polar surface area (TPSA) is 41.1 Å². The van der Waals surface area contributed by atoms with Gasteiger partial charge < -0.3 is 10.6 Å². The molecule has 21 heavy (non-hydrogen) atoms. The minimum absolute atomic E-state index is 0.0646. The molecule has 0 aliphatic rings. The quantitative estimate of drug-likeness (QED) is 0.885. The van der Waals surface area contributed by atoms with Crippen LogP contribution in [0.1, 0.15) is 32.6 Å². The van der Waals surface area contributed by atoms with Crippen LogP contribution in [0.25, 0.3) is 0 Å². The van der Waals surface area contributed by atoms with Gasteiger partial charge in [0.1, 0.15) is 0 Å². The molecule has 2 aromatic carbocycles. The van der Waals surface area contributed by atoms with Gasteiger partial charge >= 0.3 is 0 Å². The van der Waals surface area contributed by atoms with Crippen LogP contribution in [-0.2, 0) is 0 Å². The van der Waals surface area contributed by atoms with Crippen molar-refractivity contribution in [3.05, 3.63) is 58.1 Å². The van der Waals surface area contributed by atoms with E-state index in [4.69, 9.17) is 0 Å². The Bertz CT molecular complexity index is 667. The van der Waals surface area contributed by atoms with Crippen LogP contribution < -0.4 is 10.6 Å². The molecule has 2 rings (SSSR count). The number of carbonyl (C=O) groups is 1. The molecule has 0 aliphatic carbocycles. The molecule has 0 spiro atoms. The number of aryl methyl sites for hydroxylation is 4. The number of rotatable bonds is 3. The van der Waals surface area contributed by atoms with E-state index in [1.807, 2.05) is 46.0 Å². The minimum atomic E-state index is -0.0646. The van der Waals surface area contributed by atoms with Crippen molar-refractivity contribution in [3.63, 3.8) is 0 Å². The van der Waals surface area contributed by atoms with E-state index in [9.17, 15) is 4.79 Å². The average Bonchev–Trinajstić information content (AvgIpc) is 2.42. The molecule has 0 fully saturated rings. The summed E-state index contributed by atoms with van der Waals surface area (Å²) in [5.74, 6) is -0.0646. The van der Waals surface area contributed by atoms with E-state index in [2.05, 4.69) is 29.7 Å². The summed E-state index contributed by atoms with van der Waals surface area (Å²) in [5, 5.41) is 6.12. The van der Waals surface area contributed by atoms with Gasteiger partial charge in [-0.15, -0.1) is 0 Å². The van der Waals surface area contributed by atoms with Crippen LogP contribution in [0.4, 0.5) is 11.4 Å². The van der Waals surface area contributed by atoms with Crippen LogP contribution >= 0.6 is 0 Å². The molecule has 1 amide bonds. The molecule has 110 valence electrons. The van der Waals surface area contributed by atoms with Gasteiger partial charge in [0.05, 0.1) is 0 Å². The third-order valence-corrected chi connectivity index (χ3v) is 3.68. The van der Waals surface area contributed by atoms with Crippen LogP contribution in [-0.4, -0.2) is 13.0 Å². The van der Waals surface area contributed by atoms with E-state index in [0.29, 0.717) is 5.56 Å². The number of carbonyl (C=O) groups excluding carboxylic acids is 1. The lowest BCUT2D eigenvalue weighted by atomic mass is 10.0. The lowest BCUT2D eigenvalue weighted by molar-refractivity contribution is 0.102. The van der Waals surface area contributed by atoms with Gasteiger partial charge in [-0.1, -0.05) is 17.7 Å². The summed E-state index contributed by atoms with van der Waals surface area (Å²) in [6.07, 6.45) is 0. The highest BCUT2D eigenvalue weighted by molar-refractivity contribution is 6.06. The molecule has 3 heteroatoms. The Balaban J connectivity index is 2.30. The third kappa shape index (κ3) is 3.24. The maximum absolute atomic E-state index is 12.5. The molecule has 2 N–H and O–H groups in total. The van der Waals surface area contributed by atoms with Gasteiger partial charge in [-0.25, -0.2) is 0 Å². The number of hydrogen-bond acceptors (Lipinski definition) is 2. The normalized spacial score (nSPS) is 10.3. The zero-order valence-electron chi connectivity index (χ0n) is 13.3. The Hall–Kier alpha value is -2.29. The second kappa shape index (κ2) is 6.00. The Kier molecular flexibility index (Phi) is 4.32. The number of amides is 1. The Morgan fingerprint density at radius 1 is 0.905 bits per heavy atom. The molecule has 0 heterocycles. The van der Waals surface area contributed by atoms with Gasteiger partial charge in [0, 0.05) is 24.0 Å². The summed E-state index contributed by atoms with van der Waals surface area (Å²) >= 11 is 0. The molecule has 0 bridgehead atoms. The first kappa shape index (κ1) is 15.1. The first-order valence-corrected chi connectivity index (χ1v) is 7.10. The fraction of sp³-hybridized carbons (Fsp3) is 0.278. The van der Waals surface area contributed by atoms with E-state index in [1.165, 1.54) is 5.56 Å². The summed E-state index contributed by atoms with van der Waals surface area (Å²) in [4.78, 5) is 12.5. The van der Waals surface area contributed by atoms with Crippen molar-refractivity contribution in [2.24, 2.45) is 0 Å². The van der Waals surface area contributed by atoms with Crippen LogP contribution in [0.15, 0.2) is 30.3 Å². The van der Waals surface area contributed by atoms with Crippen molar-refractivity contribution < 1.29 is 4.79 Å². The standard InChI is InChI=1S/C18H22N2O/c1-11-8-13(3)17(14(4)9-11)20-18(21)16-7-6-15(19-5)10-12(16)2/h6-10,19H,1-5H3,(H,20,21). The second-order valence-corrected chi connectivity index (χ2v) is 5.51. The molecular weight excluding hydrogens is 260 g/mol. The number of benzene rings is 2. The van der Waals surface area contributed by atoms with Crippen molar-refractivity contribution in [3.8, 4) is 0 Å². The summed E-state index contributed by atoms with van der Waals surface area (Å²) in [6.45, 7) is 8.05. The van der Waals surface area contributed by atoms with Crippen molar-refractivity contribution in [1.82, 2.24) is 0 Å². The SMILES string of the molecule is CNc1ccc(C(=O)Nc2c(C)cc(C)cc2C)c(C)c1. The summed E-state index contributed by atoms with van der Waals surface area (Å²) in [6, 6.07) is 9.91. The largest absolute Gasteiger partial charge is 0.388 e. The van der Waals surface area contributed by atoms with Gasteiger partial charge in [0.2, 0.25) is 0 Å². The second-order valence-electron chi connectivity index (χ2n) is 5.51. The zero-order valence-corrected chi connectivity index (χ0v) is 13.3. The van der Waals surface area contributed by atoms with Crippen LogP contribution in [0, 0.1) is 27.7 Å². The number of hydrogen-bond donors (Lipinski definition) is 2. The van der Waals surface area contributed by atoms with Gasteiger partial charge in [-0.05, 0) is 62.6 Å². The fourth-order valence-corrected chi connectivity index (χ4v) is 2.63. The number of anilines is 2. The Labute approximate surface area is 126 Å². The lowest BCUT2D eigenvalue weighted by Crippen LogP contribution is -2.15. The Morgan fingerprint density at radius 2 is 1.52 bits per heavy atom. The third-order valence-electron chi connectivity index (χ3n) is 3.68. The van der Waals surface area contributed by atoms with Gasteiger partial charge in [-0.2, -0.15) is 0 Å². The predicted molar refractivity (Wildman–Crippen MR) is 89.3 cm³/mol. The summed E-state index contributed by atoms with van der Waals surface area (Å²) in [5.41, 5.74) is 6.96. The highest BCUT2D eigenvalue weighted by Gasteiger charge is 2.12. The maximum Gasteiger partial charge on any atom is 0.255 e. The van der Waals surface area contributed by atoms with E-state index in [0.717, 1.165) is 28.1 Å². The molecule has 0 radical (unpaired) electrons. The van der Waals surface area contributed by atoms with Crippen LogP contribution in [0.2, 0.25) is 0 Å². The maximum atomic E-state index is 12.5. The highest BCUT2D eigenvalue weighted by Crippen LogP contribution is 2.23. The number of nitrogens with one attached hydrogen (secondary N) is 2. The molecule has 0 atom stereocenters. The van der Waals surface area contributed by atoms with Crippen LogP contribution in [0.5, 0.6) is 0 Å². The van der Waals surface area contributed by atoms with Crippen molar-refractivity contribution in [2.75, 3.05) is 17.7 Å². The van der Waals surface area contributed by atoms with Crippen molar-refractivity contribution >= 4 is 17.3 Å². The monoisotopic (exact) mass is 282 g/mol. The Morgan fingerprint density at radius 3 is 2.05 bits per heavy atom. The minimum Gasteiger partial charge on any atom is -0.388 e. The molecule has 0 aliphatic heterocycles. The first-order chi connectivity index (χ1) is 9.92. The van der Waals surface area contributed by atoms with E-state index in [1.54, 1.807) is 0 Å². The first-order valence-electron chi connectivity index (χ1n) is 7.10. The molecular formula is C18H22N2O.